The van der Waals surface area contributed by atoms with Gasteiger partial charge in [-0.15, -0.1) is 0 Å². The van der Waals surface area contributed by atoms with E-state index in [1.165, 1.54) is 51.9 Å². The average molecular weight is 262 g/mol. The first kappa shape index (κ1) is 12.6. The Morgan fingerprint density at radius 3 is 2.37 bits per heavy atom. The molecule has 0 aromatic carbocycles. The minimum absolute atomic E-state index is 0.830. The van der Waals surface area contributed by atoms with Crippen LogP contribution in [0.4, 0.5) is 0 Å². The summed E-state index contributed by atoms with van der Waals surface area (Å²) < 4.78 is 0. The SMILES string of the molecule is C1CC1CNC1CCN(CC2CC3CCC2C3)CC1. The van der Waals surface area contributed by atoms with Crippen LogP contribution >= 0.6 is 0 Å². The van der Waals surface area contributed by atoms with Crippen molar-refractivity contribution in [2.45, 2.75) is 57.4 Å². The monoisotopic (exact) mass is 262 g/mol. The Morgan fingerprint density at radius 2 is 1.74 bits per heavy atom. The van der Waals surface area contributed by atoms with Crippen molar-refractivity contribution in [3.8, 4) is 0 Å². The van der Waals surface area contributed by atoms with E-state index in [-0.39, 0.29) is 0 Å². The number of hydrogen-bond acceptors (Lipinski definition) is 2. The Hall–Kier alpha value is -0.0800. The molecule has 1 heterocycles. The van der Waals surface area contributed by atoms with Gasteiger partial charge < -0.3 is 10.2 Å². The third-order valence-corrected chi connectivity index (χ3v) is 6.36. The Morgan fingerprint density at radius 1 is 0.895 bits per heavy atom. The van der Waals surface area contributed by atoms with Crippen LogP contribution in [0.25, 0.3) is 0 Å². The van der Waals surface area contributed by atoms with Gasteiger partial charge in [-0.1, -0.05) is 6.42 Å². The van der Waals surface area contributed by atoms with Gasteiger partial charge in [-0.2, -0.15) is 0 Å². The van der Waals surface area contributed by atoms with Crippen molar-refractivity contribution >= 4 is 0 Å². The van der Waals surface area contributed by atoms with Crippen molar-refractivity contribution in [3.05, 3.63) is 0 Å². The van der Waals surface area contributed by atoms with Crippen molar-refractivity contribution in [1.82, 2.24) is 10.2 Å². The molecule has 2 heteroatoms. The van der Waals surface area contributed by atoms with E-state index in [2.05, 4.69) is 10.2 Å². The first-order chi connectivity index (χ1) is 9.37. The van der Waals surface area contributed by atoms with Crippen molar-refractivity contribution in [2.75, 3.05) is 26.2 Å². The number of likely N-dealkylation sites (tertiary alicyclic amines) is 1. The van der Waals surface area contributed by atoms with E-state index in [1.54, 1.807) is 25.7 Å². The van der Waals surface area contributed by atoms with Crippen LogP contribution in [0.15, 0.2) is 0 Å². The Balaban J connectivity index is 1.18. The molecular weight excluding hydrogens is 232 g/mol. The second kappa shape index (κ2) is 5.37. The maximum Gasteiger partial charge on any atom is 0.00915 e. The number of hydrogen-bond donors (Lipinski definition) is 1. The van der Waals surface area contributed by atoms with Crippen LogP contribution in [-0.2, 0) is 0 Å². The van der Waals surface area contributed by atoms with Crippen molar-refractivity contribution in [1.29, 1.82) is 0 Å². The van der Waals surface area contributed by atoms with E-state index >= 15 is 0 Å². The summed E-state index contributed by atoms with van der Waals surface area (Å²) in [5, 5.41) is 3.80. The first-order valence-electron chi connectivity index (χ1n) is 8.82. The molecule has 2 nitrogen and oxygen atoms in total. The molecule has 3 aliphatic carbocycles. The average Bonchev–Trinajstić information content (AvgIpc) is 3.04. The lowest BCUT2D eigenvalue weighted by Gasteiger charge is -2.35. The lowest BCUT2D eigenvalue weighted by molar-refractivity contribution is 0.148. The van der Waals surface area contributed by atoms with Gasteiger partial charge in [0, 0.05) is 12.6 Å². The quantitative estimate of drug-likeness (QED) is 0.819. The van der Waals surface area contributed by atoms with Crippen LogP contribution in [-0.4, -0.2) is 37.1 Å². The van der Waals surface area contributed by atoms with Gasteiger partial charge in [0.1, 0.15) is 0 Å². The zero-order chi connectivity index (χ0) is 12.7. The predicted molar refractivity (Wildman–Crippen MR) is 79.1 cm³/mol. The van der Waals surface area contributed by atoms with Gasteiger partial charge in [0.25, 0.3) is 0 Å². The summed E-state index contributed by atoms with van der Waals surface area (Å²) >= 11 is 0. The van der Waals surface area contributed by atoms with E-state index < -0.39 is 0 Å². The van der Waals surface area contributed by atoms with E-state index in [1.807, 2.05) is 0 Å². The van der Waals surface area contributed by atoms with Gasteiger partial charge >= 0.3 is 0 Å². The molecule has 108 valence electrons. The molecule has 0 radical (unpaired) electrons. The van der Waals surface area contributed by atoms with Gasteiger partial charge in [0.15, 0.2) is 0 Å². The van der Waals surface area contributed by atoms with Gasteiger partial charge in [0.05, 0.1) is 0 Å². The van der Waals surface area contributed by atoms with Gasteiger partial charge in [-0.05, 0) is 88.3 Å². The number of rotatable bonds is 5. The third kappa shape index (κ3) is 3.00. The summed E-state index contributed by atoms with van der Waals surface area (Å²) in [7, 11) is 0. The molecule has 0 aromatic rings. The van der Waals surface area contributed by atoms with Crippen LogP contribution in [0.2, 0.25) is 0 Å². The zero-order valence-corrected chi connectivity index (χ0v) is 12.3. The third-order valence-electron chi connectivity index (χ3n) is 6.36. The molecule has 4 rings (SSSR count). The normalized spacial score (nSPS) is 40.1. The molecule has 1 aliphatic heterocycles. The summed E-state index contributed by atoms with van der Waals surface area (Å²) in [4.78, 5) is 2.78. The minimum Gasteiger partial charge on any atom is -0.314 e. The molecule has 1 saturated heterocycles. The Labute approximate surface area is 118 Å². The van der Waals surface area contributed by atoms with E-state index in [9.17, 15) is 0 Å². The standard InChI is InChI=1S/C17H30N2/c1-2-13(1)11-18-17-5-7-19(8-6-17)12-16-10-14-3-4-15(16)9-14/h13-18H,1-12H2. The maximum absolute atomic E-state index is 3.80. The van der Waals surface area contributed by atoms with Crippen LogP contribution in [0.3, 0.4) is 0 Å². The number of nitrogens with zero attached hydrogens (tertiary/aromatic N) is 1. The molecule has 3 saturated carbocycles. The molecule has 1 N–H and O–H groups in total. The molecular formula is C17H30N2. The summed E-state index contributed by atoms with van der Waals surface area (Å²) in [6.45, 7) is 5.44. The Kier molecular flexibility index (Phi) is 3.57. The van der Waals surface area contributed by atoms with Crippen molar-refractivity contribution in [2.24, 2.45) is 23.7 Å². The summed E-state index contributed by atoms with van der Waals surface area (Å²) in [6.07, 6.45) is 12.0. The van der Waals surface area contributed by atoms with Crippen molar-refractivity contribution < 1.29 is 0 Å². The largest absolute Gasteiger partial charge is 0.314 e. The van der Waals surface area contributed by atoms with E-state index in [0.717, 1.165) is 29.7 Å². The fourth-order valence-electron chi connectivity index (χ4n) is 4.91. The van der Waals surface area contributed by atoms with Crippen LogP contribution in [0.1, 0.15) is 51.4 Å². The van der Waals surface area contributed by atoms with Crippen LogP contribution < -0.4 is 5.32 Å². The summed E-state index contributed by atoms with van der Waals surface area (Å²) in [5.74, 6) is 4.32. The fourth-order valence-corrected chi connectivity index (χ4v) is 4.91. The molecule has 3 unspecified atom stereocenters. The van der Waals surface area contributed by atoms with Crippen LogP contribution in [0.5, 0.6) is 0 Å². The highest BCUT2D eigenvalue weighted by molar-refractivity contribution is 4.92. The summed E-state index contributed by atoms with van der Waals surface area (Å²) in [6, 6.07) is 0.830. The molecule has 0 amide bonds. The van der Waals surface area contributed by atoms with Gasteiger partial charge in [0.2, 0.25) is 0 Å². The minimum atomic E-state index is 0.830. The highest BCUT2D eigenvalue weighted by Gasteiger charge is 2.40. The number of piperidine rings is 1. The number of nitrogens with one attached hydrogen (secondary N) is 1. The van der Waals surface area contributed by atoms with E-state index in [0.29, 0.717) is 0 Å². The smallest absolute Gasteiger partial charge is 0.00915 e. The fraction of sp³-hybridized carbons (Fsp3) is 1.00. The maximum atomic E-state index is 3.80. The highest BCUT2D eigenvalue weighted by atomic mass is 15.1. The second-order valence-electron chi connectivity index (χ2n) is 7.86. The second-order valence-corrected chi connectivity index (χ2v) is 7.86. The predicted octanol–water partition coefficient (Wildman–Crippen LogP) is 2.89. The molecule has 4 fully saturated rings. The lowest BCUT2D eigenvalue weighted by Crippen LogP contribution is -2.44. The molecule has 0 spiro atoms. The summed E-state index contributed by atoms with van der Waals surface area (Å²) in [5.41, 5.74) is 0. The lowest BCUT2D eigenvalue weighted by atomic mass is 9.88. The van der Waals surface area contributed by atoms with Gasteiger partial charge in [-0.25, -0.2) is 0 Å². The topological polar surface area (TPSA) is 15.3 Å². The zero-order valence-electron chi connectivity index (χ0n) is 12.3. The Bertz CT molecular complexity index is 304. The van der Waals surface area contributed by atoms with Gasteiger partial charge in [-0.3, -0.25) is 0 Å². The first-order valence-corrected chi connectivity index (χ1v) is 8.82. The van der Waals surface area contributed by atoms with Crippen LogP contribution in [0, 0.1) is 23.7 Å². The molecule has 2 bridgehead atoms. The number of fused-ring (bicyclic) bond motifs is 2. The molecule has 4 aliphatic rings. The highest BCUT2D eigenvalue weighted by Crippen LogP contribution is 2.48. The van der Waals surface area contributed by atoms with Crippen molar-refractivity contribution in [3.63, 3.8) is 0 Å². The molecule has 0 aromatic heterocycles. The molecule has 3 atom stereocenters. The van der Waals surface area contributed by atoms with E-state index in [4.69, 9.17) is 0 Å². The molecule has 19 heavy (non-hydrogen) atoms.